The second-order valence-corrected chi connectivity index (χ2v) is 5.83. The summed E-state index contributed by atoms with van der Waals surface area (Å²) in [6.07, 6.45) is 1.99. The van der Waals surface area contributed by atoms with Crippen molar-refractivity contribution in [2.75, 3.05) is 6.61 Å². The molecule has 1 atom stereocenters. The van der Waals surface area contributed by atoms with Gasteiger partial charge in [-0.1, -0.05) is 34.6 Å². The third-order valence-corrected chi connectivity index (χ3v) is 3.97. The Hall–Kier alpha value is -0.530. The molecule has 2 heteroatoms. The van der Waals surface area contributed by atoms with Gasteiger partial charge in [-0.25, -0.2) is 0 Å². The van der Waals surface area contributed by atoms with Crippen LogP contribution >= 0.6 is 0 Å². The lowest BCUT2D eigenvalue weighted by Crippen LogP contribution is -2.43. The van der Waals surface area contributed by atoms with Crippen LogP contribution in [0.5, 0.6) is 0 Å². The first-order valence-corrected chi connectivity index (χ1v) is 5.43. The van der Waals surface area contributed by atoms with Crippen LogP contribution in [0.25, 0.3) is 0 Å². The van der Waals surface area contributed by atoms with Gasteiger partial charge in [-0.3, -0.25) is 4.79 Å². The topological polar surface area (TPSA) is 26.3 Å². The third-order valence-electron chi connectivity index (χ3n) is 3.97. The van der Waals surface area contributed by atoms with Gasteiger partial charge in [0.25, 0.3) is 0 Å². The number of hydrogen-bond donors (Lipinski definition) is 0. The first-order chi connectivity index (χ1) is 6.27. The fraction of sp³-hybridized carbons (Fsp3) is 0.917. The molecule has 0 aromatic heterocycles. The SMILES string of the molecule is CC(C)(C)C(C)(C)C1CCCOC1=O. The Balaban J connectivity index is 2.85. The van der Waals surface area contributed by atoms with Crippen LogP contribution in [0.2, 0.25) is 0 Å². The van der Waals surface area contributed by atoms with Gasteiger partial charge in [0.05, 0.1) is 12.5 Å². The van der Waals surface area contributed by atoms with E-state index in [9.17, 15) is 4.79 Å². The summed E-state index contributed by atoms with van der Waals surface area (Å²) in [6.45, 7) is 11.5. The number of rotatable bonds is 1. The molecule has 1 rings (SSSR count). The average molecular weight is 198 g/mol. The largest absolute Gasteiger partial charge is 0.465 e. The Morgan fingerprint density at radius 1 is 1.21 bits per heavy atom. The molecule has 0 saturated carbocycles. The Kier molecular flexibility index (Phi) is 2.93. The van der Waals surface area contributed by atoms with E-state index in [0.29, 0.717) is 6.61 Å². The number of carbonyl (C=O) groups is 1. The second kappa shape index (κ2) is 3.56. The zero-order valence-electron chi connectivity index (χ0n) is 10.0. The average Bonchev–Trinajstić information content (AvgIpc) is 2.02. The number of ether oxygens (including phenoxy) is 1. The molecule has 0 aromatic carbocycles. The summed E-state index contributed by atoms with van der Waals surface area (Å²) in [4.78, 5) is 11.7. The molecule has 0 radical (unpaired) electrons. The molecule has 1 aliphatic heterocycles. The first-order valence-electron chi connectivity index (χ1n) is 5.43. The van der Waals surface area contributed by atoms with Gasteiger partial charge < -0.3 is 4.74 Å². The summed E-state index contributed by atoms with van der Waals surface area (Å²) in [5.41, 5.74) is 0.137. The zero-order valence-corrected chi connectivity index (χ0v) is 10.0. The number of hydrogen-bond acceptors (Lipinski definition) is 2. The van der Waals surface area contributed by atoms with E-state index in [4.69, 9.17) is 4.74 Å². The smallest absolute Gasteiger partial charge is 0.309 e. The Labute approximate surface area is 87.0 Å². The Morgan fingerprint density at radius 2 is 1.79 bits per heavy atom. The lowest BCUT2D eigenvalue weighted by atomic mass is 9.61. The third kappa shape index (κ3) is 1.94. The normalized spacial score (nSPS) is 24.6. The first kappa shape index (κ1) is 11.5. The maximum absolute atomic E-state index is 11.7. The lowest BCUT2D eigenvalue weighted by Gasteiger charge is -2.45. The summed E-state index contributed by atoms with van der Waals surface area (Å²) < 4.78 is 5.13. The molecule has 0 N–H and O–H groups in total. The van der Waals surface area contributed by atoms with Crippen LogP contribution in [-0.4, -0.2) is 12.6 Å². The van der Waals surface area contributed by atoms with Crippen LogP contribution in [0.1, 0.15) is 47.5 Å². The van der Waals surface area contributed by atoms with Gasteiger partial charge in [0.1, 0.15) is 0 Å². The molecule has 0 bridgehead atoms. The summed E-state index contributed by atoms with van der Waals surface area (Å²) >= 11 is 0. The van der Waals surface area contributed by atoms with Crippen molar-refractivity contribution in [2.24, 2.45) is 16.7 Å². The highest BCUT2D eigenvalue weighted by Gasteiger charge is 2.45. The minimum atomic E-state index is -0.00354. The van der Waals surface area contributed by atoms with Gasteiger partial charge in [-0.05, 0) is 23.7 Å². The van der Waals surface area contributed by atoms with Gasteiger partial charge in [0.2, 0.25) is 0 Å². The molecule has 2 nitrogen and oxygen atoms in total. The van der Waals surface area contributed by atoms with Crippen molar-refractivity contribution in [1.29, 1.82) is 0 Å². The number of esters is 1. The van der Waals surface area contributed by atoms with Crippen LogP contribution in [0, 0.1) is 16.7 Å². The van der Waals surface area contributed by atoms with E-state index >= 15 is 0 Å². The molecule has 1 heterocycles. The van der Waals surface area contributed by atoms with Crippen molar-refractivity contribution in [3.05, 3.63) is 0 Å². The number of carbonyl (C=O) groups excluding carboxylic acids is 1. The van der Waals surface area contributed by atoms with Crippen molar-refractivity contribution in [1.82, 2.24) is 0 Å². The van der Waals surface area contributed by atoms with E-state index in [0.717, 1.165) is 12.8 Å². The van der Waals surface area contributed by atoms with Gasteiger partial charge in [0, 0.05) is 0 Å². The van der Waals surface area contributed by atoms with Crippen molar-refractivity contribution in [3.8, 4) is 0 Å². The zero-order chi connectivity index (χ0) is 11.0. The van der Waals surface area contributed by atoms with Crippen LogP contribution in [0.15, 0.2) is 0 Å². The number of cyclic esters (lactones) is 1. The highest BCUT2D eigenvalue weighted by molar-refractivity contribution is 5.74. The van der Waals surface area contributed by atoms with Crippen LogP contribution in [-0.2, 0) is 9.53 Å². The van der Waals surface area contributed by atoms with E-state index in [1.807, 2.05) is 0 Å². The van der Waals surface area contributed by atoms with E-state index in [2.05, 4.69) is 34.6 Å². The van der Waals surface area contributed by atoms with Gasteiger partial charge in [-0.2, -0.15) is 0 Å². The van der Waals surface area contributed by atoms with Crippen molar-refractivity contribution < 1.29 is 9.53 Å². The Morgan fingerprint density at radius 3 is 2.21 bits per heavy atom. The van der Waals surface area contributed by atoms with Gasteiger partial charge in [-0.15, -0.1) is 0 Å². The molecule has 1 saturated heterocycles. The molecular weight excluding hydrogens is 176 g/mol. The maximum Gasteiger partial charge on any atom is 0.309 e. The molecule has 0 aliphatic carbocycles. The molecule has 0 aromatic rings. The minimum absolute atomic E-state index is 0.00354. The summed E-state index contributed by atoms with van der Waals surface area (Å²) in [5.74, 6) is 0.0624. The standard InChI is InChI=1S/C12H22O2/c1-11(2,3)12(4,5)9-7-6-8-14-10(9)13/h9H,6-8H2,1-5H3. The summed E-state index contributed by atoms with van der Waals surface area (Å²) in [5, 5.41) is 0. The van der Waals surface area contributed by atoms with E-state index in [1.165, 1.54) is 0 Å². The van der Waals surface area contributed by atoms with E-state index < -0.39 is 0 Å². The molecule has 0 amide bonds. The fourth-order valence-electron chi connectivity index (χ4n) is 1.86. The van der Waals surface area contributed by atoms with E-state index in [1.54, 1.807) is 0 Å². The molecule has 1 fully saturated rings. The van der Waals surface area contributed by atoms with Gasteiger partial charge >= 0.3 is 5.97 Å². The van der Waals surface area contributed by atoms with Crippen molar-refractivity contribution in [3.63, 3.8) is 0 Å². The highest BCUT2D eigenvalue weighted by Crippen LogP contribution is 2.47. The molecule has 1 aliphatic rings. The summed E-state index contributed by atoms with van der Waals surface area (Å²) in [7, 11) is 0. The molecule has 0 spiro atoms. The monoisotopic (exact) mass is 198 g/mol. The predicted octanol–water partition coefficient (Wildman–Crippen LogP) is 3.01. The van der Waals surface area contributed by atoms with E-state index in [-0.39, 0.29) is 22.7 Å². The van der Waals surface area contributed by atoms with Crippen LogP contribution in [0.4, 0.5) is 0 Å². The van der Waals surface area contributed by atoms with Gasteiger partial charge in [0.15, 0.2) is 0 Å². The molecular formula is C12H22O2. The second-order valence-electron chi connectivity index (χ2n) is 5.83. The van der Waals surface area contributed by atoms with Crippen LogP contribution < -0.4 is 0 Å². The van der Waals surface area contributed by atoms with Crippen molar-refractivity contribution in [2.45, 2.75) is 47.5 Å². The highest BCUT2D eigenvalue weighted by atomic mass is 16.5. The van der Waals surface area contributed by atoms with Crippen molar-refractivity contribution >= 4 is 5.97 Å². The molecule has 1 unspecified atom stereocenters. The molecule has 82 valence electrons. The summed E-state index contributed by atoms with van der Waals surface area (Å²) in [6, 6.07) is 0. The molecule has 14 heavy (non-hydrogen) atoms. The lowest BCUT2D eigenvalue weighted by molar-refractivity contribution is -0.162. The quantitative estimate of drug-likeness (QED) is 0.605. The predicted molar refractivity (Wildman–Crippen MR) is 56.9 cm³/mol. The minimum Gasteiger partial charge on any atom is -0.465 e. The Bertz CT molecular complexity index is 223. The van der Waals surface area contributed by atoms with Crippen LogP contribution in [0.3, 0.4) is 0 Å². The fourth-order valence-corrected chi connectivity index (χ4v) is 1.86. The maximum atomic E-state index is 11.7.